The van der Waals surface area contributed by atoms with Crippen LogP contribution in [0.2, 0.25) is 0 Å². The number of amides is 2. The summed E-state index contributed by atoms with van der Waals surface area (Å²) in [5.74, 6) is -0.139. The van der Waals surface area contributed by atoms with Gasteiger partial charge in [0, 0.05) is 25.5 Å². The summed E-state index contributed by atoms with van der Waals surface area (Å²) < 4.78 is 0. The standard InChI is InChI=1S/C19H23N3O2/c1-13-6-7-15-11-16(14(2)20-17(15)10-13)19(24)21(3)12-18(23)22-8-4-5-9-22/h6-7,10-11H,4-5,8-9,12H2,1-3H3. The number of aromatic nitrogens is 1. The normalized spacial score (nSPS) is 14.2. The summed E-state index contributed by atoms with van der Waals surface area (Å²) in [5.41, 5.74) is 3.28. The lowest BCUT2D eigenvalue weighted by atomic mass is 10.1. The van der Waals surface area contributed by atoms with Crippen LogP contribution in [0, 0.1) is 13.8 Å². The van der Waals surface area contributed by atoms with Gasteiger partial charge in [-0.2, -0.15) is 0 Å². The molecule has 1 aromatic carbocycles. The number of likely N-dealkylation sites (N-methyl/N-ethyl adjacent to an activating group) is 1. The third-order valence-electron chi connectivity index (χ3n) is 4.57. The Labute approximate surface area is 142 Å². The second kappa shape index (κ2) is 6.59. The summed E-state index contributed by atoms with van der Waals surface area (Å²) in [5, 5.41) is 0.939. The van der Waals surface area contributed by atoms with Crippen molar-refractivity contribution in [3.05, 3.63) is 41.1 Å². The van der Waals surface area contributed by atoms with E-state index in [1.165, 1.54) is 4.90 Å². The minimum atomic E-state index is -0.157. The van der Waals surface area contributed by atoms with Crippen LogP contribution in [0.3, 0.4) is 0 Å². The van der Waals surface area contributed by atoms with E-state index in [9.17, 15) is 9.59 Å². The lowest BCUT2D eigenvalue weighted by Gasteiger charge is -2.22. The van der Waals surface area contributed by atoms with Crippen LogP contribution in [-0.4, -0.2) is 53.3 Å². The molecule has 0 unspecified atom stereocenters. The summed E-state index contributed by atoms with van der Waals surface area (Å²) in [6.07, 6.45) is 2.10. The van der Waals surface area contributed by atoms with Gasteiger partial charge >= 0.3 is 0 Å². The van der Waals surface area contributed by atoms with Crippen molar-refractivity contribution in [2.24, 2.45) is 0 Å². The molecule has 0 atom stereocenters. The summed E-state index contributed by atoms with van der Waals surface area (Å²) in [6.45, 7) is 5.58. The fourth-order valence-electron chi connectivity index (χ4n) is 3.14. The first kappa shape index (κ1) is 16.4. The number of fused-ring (bicyclic) bond motifs is 1. The van der Waals surface area contributed by atoms with Crippen molar-refractivity contribution >= 4 is 22.7 Å². The van der Waals surface area contributed by atoms with Crippen LogP contribution >= 0.6 is 0 Å². The van der Waals surface area contributed by atoms with Crippen LogP contribution in [-0.2, 0) is 4.79 Å². The lowest BCUT2D eigenvalue weighted by molar-refractivity contribution is -0.130. The van der Waals surface area contributed by atoms with Crippen molar-refractivity contribution in [3.8, 4) is 0 Å². The molecule has 0 aliphatic carbocycles. The Balaban J connectivity index is 1.80. The third kappa shape index (κ3) is 3.25. The Morgan fingerprint density at radius 2 is 1.88 bits per heavy atom. The van der Waals surface area contributed by atoms with E-state index in [1.54, 1.807) is 7.05 Å². The molecule has 5 heteroatoms. The van der Waals surface area contributed by atoms with Crippen molar-refractivity contribution in [1.29, 1.82) is 0 Å². The van der Waals surface area contributed by atoms with Gasteiger partial charge in [0.15, 0.2) is 0 Å². The van der Waals surface area contributed by atoms with Gasteiger partial charge in [-0.3, -0.25) is 14.6 Å². The molecule has 24 heavy (non-hydrogen) atoms. The van der Waals surface area contributed by atoms with Crippen LogP contribution in [0.25, 0.3) is 10.9 Å². The number of carbonyl (C=O) groups excluding carboxylic acids is 2. The highest BCUT2D eigenvalue weighted by Gasteiger charge is 2.23. The third-order valence-corrected chi connectivity index (χ3v) is 4.57. The van der Waals surface area contributed by atoms with Crippen molar-refractivity contribution in [2.75, 3.05) is 26.7 Å². The molecular weight excluding hydrogens is 302 g/mol. The fourth-order valence-corrected chi connectivity index (χ4v) is 3.14. The number of hydrogen-bond acceptors (Lipinski definition) is 3. The van der Waals surface area contributed by atoms with Crippen molar-refractivity contribution < 1.29 is 9.59 Å². The molecule has 0 spiro atoms. The van der Waals surface area contributed by atoms with Gasteiger partial charge in [-0.05, 0) is 44.4 Å². The smallest absolute Gasteiger partial charge is 0.255 e. The van der Waals surface area contributed by atoms with Gasteiger partial charge in [-0.15, -0.1) is 0 Å². The molecule has 1 fully saturated rings. The second-order valence-corrected chi connectivity index (χ2v) is 6.57. The zero-order chi connectivity index (χ0) is 17.3. The zero-order valence-electron chi connectivity index (χ0n) is 14.5. The minimum Gasteiger partial charge on any atom is -0.341 e. The van der Waals surface area contributed by atoms with Crippen molar-refractivity contribution in [3.63, 3.8) is 0 Å². The average Bonchev–Trinajstić information content (AvgIpc) is 3.08. The van der Waals surface area contributed by atoms with E-state index < -0.39 is 0 Å². The van der Waals surface area contributed by atoms with Gasteiger partial charge in [0.25, 0.3) is 5.91 Å². The van der Waals surface area contributed by atoms with Crippen LogP contribution in [0.15, 0.2) is 24.3 Å². The maximum absolute atomic E-state index is 12.7. The summed E-state index contributed by atoms with van der Waals surface area (Å²) in [6, 6.07) is 7.87. The molecule has 3 rings (SSSR count). The highest BCUT2D eigenvalue weighted by Crippen LogP contribution is 2.19. The highest BCUT2D eigenvalue weighted by molar-refractivity contribution is 6.00. The number of hydrogen-bond donors (Lipinski definition) is 0. The molecule has 0 N–H and O–H groups in total. The van der Waals surface area contributed by atoms with Gasteiger partial charge in [0.2, 0.25) is 5.91 Å². The Morgan fingerprint density at radius 3 is 2.58 bits per heavy atom. The number of aryl methyl sites for hydroxylation is 2. The summed E-state index contributed by atoms with van der Waals surface area (Å²) >= 11 is 0. The van der Waals surface area contributed by atoms with E-state index >= 15 is 0 Å². The Morgan fingerprint density at radius 1 is 1.17 bits per heavy atom. The highest BCUT2D eigenvalue weighted by atomic mass is 16.2. The minimum absolute atomic E-state index is 0.0189. The number of pyridine rings is 1. The molecule has 1 aromatic heterocycles. The first-order valence-corrected chi connectivity index (χ1v) is 8.37. The number of carbonyl (C=O) groups is 2. The van der Waals surface area contributed by atoms with Crippen LogP contribution in [0.4, 0.5) is 0 Å². The largest absolute Gasteiger partial charge is 0.341 e. The van der Waals surface area contributed by atoms with E-state index in [0.29, 0.717) is 11.3 Å². The molecule has 2 heterocycles. The zero-order valence-corrected chi connectivity index (χ0v) is 14.5. The molecule has 2 aromatic rings. The SMILES string of the molecule is Cc1ccc2cc(C(=O)N(C)CC(=O)N3CCCC3)c(C)nc2c1. The van der Waals surface area contributed by atoms with E-state index in [4.69, 9.17) is 0 Å². The fraction of sp³-hybridized carbons (Fsp3) is 0.421. The van der Waals surface area contributed by atoms with Gasteiger partial charge in [0.05, 0.1) is 23.3 Å². The molecule has 0 radical (unpaired) electrons. The van der Waals surface area contributed by atoms with Gasteiger partial charge < -0.3 is 9.80 Å². The van der Waals surface area contributed by atoms with Crippen molar-refractivity contribution in [1.82, 2.24) is 14.8 Å². The second-order valence-electron chi connectivity index (χ2n) is 6.57. The molecule has 5 nitrogen and oxygen atoms in total. The van der Waals surface area contributed by atoms with Crippen LogP contribution in [0.5, 0.6) is 0 Å². The van der Waals surface area contributed by atoms with E-state index in [-0.39, 0.29) is 18.4 Å². The van der Waals surface area contributed by atoms with Crippen LogP contribution < -0.4 is 0 Å². The predicted molar refractivity (Wildman–Crippen MR) is 94.0 cm³/mol. The van der Waals surface area contributed by atoms with Gasteiger partial charge in [-0.25, -0.2) is 0 Å². The van der Waals surface area contributed by atoms with Crippen molar-refractivity contribution in [2.45, 2.75) is 26.7 Å². The molecule has 0 saturated carbocycles. The molecule has 2 amide bonds. The Kier molecular flexibility index (Phi) is 4.51. The molecule has 1 aliphatic heterocycles. The average molecular weight is 325 g/mol. The molecular formula is C19H23N3O2. The van der Waals surface area contributed by atoms with Gasteiger partial charge in [-0.1, -0.05) is 12.1 Å². The maximum Gasteiger partial charge on any atom is 0.255 e. The quantitative estimate of drug-likeness (QED) is 0.871. The van der Waals surface area contributed by atoms with Crippen LogP contribution in [0.1, 0.15) is 34.5 Å². The number of nitrogens with zero attached hydrogens (tertiary/aromatic N) is 3. The number of likely N-dealkylation sites (tertiary alicyclic amines) is 1. The number of rotatable bonds is 3. The molecule has 0 bridgehead atoms. The first-order valence-electron chi connectivity index (χ1n) is 8.37. The Bertz CT molecular complexity index is 795. The summed E-state index contributed by atoms with van der Waals surface area (Å²) in [7, 11) is 1.68. The van der Waals surface area contributed by atoms with E-state index in [0.717, 1.165) is 42.4 Å². The predicted octanol–water partition coefficient (Wildman–Crippen LogP) is 2.55. The maximum atomic E-state index is 12.7. The Hall–Kier alpha value is -2.43. The molecule has 1 saturated heterocycles. The monoisotopic (exact) mass is 325 g/mol. The molecule has 1 aliphatic rings. The van der Waals surface area contributed by atoms with E-state index in [2.05, 4.69) is 4.98 Å². The first-order chi connectivity index (χ1) is 11.5. The lowest BCUT2D eigenvalue weighted by Crippen LogP contribution is -2.40. The number of benzene rings is 1. The summed E-state index contributed by atoms with van der Waals surface area (Å²) in [4.78, 5) is 32.9. The molecule has 126 valence electrons. The van der Waals surface area contributed by atoms with E-state index in [1.807, 2.05) is 43.0 Å². The topological polar surface area (TPSA) is 53.5 Å². The van der Waals surface area contributed by atoms with Gasteiger partial charge in [0.1, 0.15) is 0 Å².